The molecule has 0 aliphatic rings. The van der Waals surface area contributed by atoms with Gasteiger partial charge in [-0.3, -0.25) is 0 Å². The molecular formula is C15H15BrFN. The fourth-order valence-electron chi connectivity index (χ4n) is 1.79. The molecule has 0 amide bonds. The van der Waals surface area contributed by atoms with Gasteiger partial charge in [0.05, 0.1) is 0 Å². The lowest BCUT2D eigenvalue weighted by Gasteiger charge is -2.09. The first-order valence-electron chi connectivity index (χ1n) is 5.81. The summed E-state index contributed by atoms with van der Waals surface area (Å²) in [6, 6.07) is 11.2. The van der Waals surface area contributed by atoms with Gasteiger partial charge in [0.1, 0.15) is 5.82 Å². The van der Waals surface area contributed by atoms with Crippen LogP contribution < -0.4 is 5.32 Å². The first-order valence-corrected chi connectivity index (χ1v) is 6.60. The minimum Gasteiger partial charge on any atom is -0.381 e. The van der Waals surface area contributed by atoms with Gasteiger partial charge in [-0.2, -0.15) is 0 Å². The SMILES string of the molecule is Cc1cc(F)cc(NCc2ccc(C)c(Br)c2)c1. The van der Waals surface area contributed by atoms with E-state index in [-0.39, 0.29) is 5.82 Å². The summed E-state index contributed by atoms with van der Waals surface area (Å²) in [5.41, 5.74) is 4.10. The number of nitrogens with one attached hydrogen (secondary N) is 1. The Morgan fingerprint density at radius 2 is 1.89 bits per heavy atom. The van der Waals surface area contributed by atoms with Crippen molar-refractivity contribution in [3.63, 3.8) is 0 Å². The van der Waals surface area contributed by atoms with Crippen molar-refractivity contribution in [3.05, 3.63) is 63.4 Å². The minimum absolute atomic E-state index is 0.206. The van der Waals surface area contributed by atoms with E-state index in [0.717, 1.165) is 21.3 Å². The van der Waals surface area contributed by atoms with Crippen LogP contribution in [0.25, 0.3) is 0 Å². The van der Waals surface area contributed by atoms with Crippen LogP contribution in [-0.2, 0) is 6.54 Å². The van der Waals surface area contributed by atoms with Gasteiger partial charge in [0.15, 0.2) is 0 Å². The molecule has 0 atom stereocenters. The maximum absolute atomic E-state index is 13.2. The smallest absolute Gasteiger partial charge is 0.125 e. The maximum Gasteiger partial charge on any atom is 0.125 e. The fraction of sp³-hybridized carbons (Fsp3) is 0.200. The second-order valence-corrected chi connectivity index (χ2v) is 5.31. The number of hydrogen-bond donors (Lipinski definition) is 1. The molecule has 0 saturated carbocycles. The van der Waals surface area contributed by atoms with Crippen molar-refractivity contribution in [1.29, 1.82) is 0 Å². The molecule has 0 fully saturated rings. The Morgan fingerprint density at radius 3 is 2.56 bits per heavy atom. The van der Waals surface area contributed by atoms with Crippen LogP contribution >= 0.6 is 15.9 Å². The van der Waals surface area contributed by atoms with Crippen LogP contribution in [0.2, 0.25) is 0 Å². The topological polar surface area (TPSA) is 12.0 Å². The molecule has 2 aromatic carbocycles. The van der Waals surface area contributed by atoms with Gasteiger partial charge in [-0.15, -0.1) is 0 Å². The highest BCUT2D eigenvalue weighted by Crippen LogP contribution is 2.19. The first kappa shape index (κ1) is 13.1. The van der Waals surface area contributed by atoms with E-state index in [1.54, 1.807) is 0 Å². The largest absolute Gasteiger partial charge is 0.381 e. The number of aryl methyl sites for hydroxylation is 2. The van der Waals surface area contributed by atoms with Crippen molar-refractivity contribution >= 4 is 21.6 Å². The molecule has 0 radical (unpaired) electrons. The summed E-state index contributed by atoms with van der Waals surface area (Å²) < 4.78 is 14.3. The molecule has 0 heterocycles. The molecule has 1 nitrogen and oxygen atoms in total. The standard InChI is InChI=1S/C15H15BrFN/c1-10-5-13(17)8-14(6-10)18-9-12-4-3-11(2)15(16)7-12/h3-8,18H,9H2,1-2H3. The Kier molecular flexibility index (Phi) is 4.02. The summed E-state index contributed by atoms with van der Waals surface area (Å²) in [7, 11) is 0. The molecule has 0 aliphatic heterocycles. The minimum atomic E-state index is -0.206. The molecular weight excluding hydrogens is 293 g/mol. The van der Waals surface area contributed by atoms with E-state index < -0.39 is 0 Å². The quantitative estimate of drug-likeness (QED) is 0.857. The molecule has 3 heteroatoms. The van der Waals surface area contributed by atoms with Gasteiger partial charge in [0.25, 0.3) is 0 Å². The maximum atomic E-state index is 13.2. The highest BCUT2D eigenvalue weighted by atomic mass is 79.9. The molecule has 2 aromatic rings. The lowest BCUT2D eigenvalue weighted by atomic mass is 10.1. The molecule has 0 aliphatic carbocycles. The molecule has 0 aromatic heterocycles. The van der Waals surface area contributed by atoms with Gasteiger partial charge >= 0.3 is 0 Å². The zero-order valence-electron chi connectivity index (χ0n) is 10.4. The predicted molar refractivity (Wildman–Crippen MR) is 77.3 cm³/mol. The third kappa shape index (κ3) is 3.33. The molecule has 1 N–H and O–H groups in total. The zero-order chi connectivity index (χ0) is 13.1. The average molecular weight is 308 g/mol. The normalized spacial score (nSPS) is 10.4. The summed E-state index contributed by atoms with van der Waals surface area (Å²) >= 11 is 3.51. The van der Waals surface area contributed by atoms with E-state index in [1.807, 2.05) is 13.0 Å². The summed E-state index contributed by atoms with van der Waals surface area (Å²) in [6.45, 7) is 4.62. The van der Waals surface area contributed by atoms with Crippen molar-refractivity contribution in [2.45, 2.75) is 20.4 Å². The van der Waals surface area contributed by atoms with Crippen LogP contribution in [0.5, 0.6) is 0 Å². The Hall–Kier alpha value is -1.35. The molecule has 0 unspecified atom stereocenters. The molecule has 2 rings (SSSR count). The van der Waals surface area contributed by atoms with Crippen molar-refractivity contribution in [3.8, 4) is 0 Å². The Bertz CT molecular complexity index is 546. The van der Waals surface area contributed by atoms with Crippen molar-refractivity contribution in [2.24, 2.45) is 0 Å². The third-order valence-electron chi connectivity index (χ3n) is 2.78. The molecule has 94 valence electrons. The summed E-state index contributed by atoms with van der Waals surface area (Å²) in [4.78, 5) is 0. The van der Waals surface area contributed by atoms with Crippen LogP contribution in [0.3, 0.4) is 0 Å². The number of benzene rings is 2. The van der Waals surface area contributed by atoms with E-state index in [0.29, 0.717) is 6.54 Å². The van der Waals surface area contributed by atoms with E-state index >= 15 is 0 Å². The monoisotopic (exact) mass is 307 g/mol. The van der Waals surface area contributed by atoms with Crippen molar-refractivity contribution in [1.82, 2.24) is 0 Å². The summed E-state index contributed by atoms with van der Waals surface area (Å²) in [5, 5.41) is 3.23. The molecule has 0 saturated heterocycles. The van der Waals surface area contributed by atoms with Crippen LogP contribution in [0.1, 0.15) is 16.7 Å². The van der Waals surface area contributed by atoms with Crippen LogP contribution in [-0.4, -0.2) is 0 Å². The van der Waals surface area contributed by atoms with Crippen molar-refractivity contribution < 1.29 is 4.39 Å². The lowest BCUT2D eigenvalue weighted by molar-refractivity contribution is 0.627. The molecule has 0 spiro atoms. The van der Waals surface area contributed by atoms with Gasteiger partial charge in [0, 0.05) is 16.7 Å². The number of rotatable bonds is 3. The highest BCUT2D eigenvalue weighted by molar-refractivity contribution is 9.10. The van der Waals surface area contributed by atoms with E-state index in [1.165, 1.54) is 17.7 Å². The number of halogens is 2. The fourth-order valence-corrected chi connectivity index (χ4v) is 2.22. The highest BCUT2D eigenvalue weighted by Gasteiger charge is 2.00. The van der Waals surface area contributed by atoms with Crippen LogP contribution in [0, 0.1) is 19.7 Å². The van der Waals surface area contributed by atoms with Crippen molar-refractivity contribution in [2.75, 3.05) is 5.32 Å². The van der Waals surface area contributed by atoms with Gasteiger partial charge in [0.2, 0.25) is 0 Å². The third-order valence-corrected chi connectivity index (χ3v) is 3.63. The van der Waals surface area contributed by atoms with Gasteiger partial charge in [-0.05, 0) is 54.8 Å². The summed E-state index contributed by atoms with van der Waals surface area (Å²) in [6.07, 6.45) is 0. The Balaban J connectivity index is 2.08. The van der Waals surface area contributed by atoms with Crippen LogP contribution in [0.4, 0.5) is 10.1 Å². The summed E-state index contributed by atoms with van der Waals surface area (Å²) in [5.74, 6) is -0.206. The van der Waals surface area contributed by atoms with E-state index in [2.05, 4.69) is 46.4 Å². The van der Waals surface area contributed by atoms with Gasteiger partial charge in [-0.25, -0.2) is 4.39 Å². The first-order chi connectivity index (χ1) is 8.54. The van der Waals surface area contributed by atoms with E-state index in [4.69, 9.17) is 0 Å². The average Bonchev–Trinajstić information content (AvgIpc) is 2.29. The Morgan fingerprint density at radius 1 is 1.11 bits per heavy atom. The second-order valence-electron chi connectivity index (χ2n) is 4.45. The Labute approximate surface area is 115 Å². The second kappa shape index (κ2) is 5.53. The number of anilines is 1. The zero-order valence-corrected chi connectivity index (χ0v) is 12.0. The molecule has 0 bridgehead atoms. The van der Waals surface area contributed by atoms with Gasteiger partial charge in [-0.1, -0.05) is 28.1 Å². The van der Waals surface area contributed by atoms with Gasteiger partial charge < -0.3 is 5.32 Å². The molecule has 18 heavy (non-hydrogen) atoms. The van der Waals surface area contributed by atoms with E-state index in [9.17, 15) is 4.39 Å². The van der Waals surface area contributed by atoms with Crippen LogP contribution in [0.15, 0.2) is 40.9 Å². The lowest BCUT2D eigenvalue weighted by Crippen LogP contribution is -2.00. The predicted octanol–water partition coefficient (Wildman–Crippen LogP) is 4.82. The number of hydrogen-bond acceptors (Lipinski definition) is 1.